The summed E-state index contributed by atoms with van der Waals surface area (Å²) in [6, 6.07) is 0.655. The van der Waals surface area contributed by atoms with Gasteiger partial charge in [0.05, 0.1) is 13.2 Å². The molecule has 1 heterocycles. The number of morpholine rings is 1. The van der Waals surface area contributed by atoms with E-state index in [2.05, 4.69) is 11.9 Å². The molecule has 2 aliphatic rings. The van der Waals surface area contributed by atoms with Gasteiger partial charge in [-0.05, 0) is 12.8 Å². The van der Waals surface area contributed by atoms with Gasteiger partial charge >= 0.3 is 0 Å². The molecule has 1 amide bonds. The van der Waals surface area contributed by atoms with Crippen LogP contribution in [0, 0.1) is 0 Å². The smallest absolute Gasteiger partial charge is 0.224 e. The SMILES string of the molecule is C=CCN(C(=O)CC1COCCN1)C1CC1.Cl. The Bertz CT molecular complexity index is 263. The molecule has 0 spiro atoms. The van der Waals surface area contributed by atoms with E-state index in [9.17, 15) is 4.79 Å². The summed E-state index contributed by atoms with van der Waals surface area (Å²) in [5, 5.41) is 3.31. The van der Waals surface area contributed by atoms with E-state index in [1.807, 2.05) is 4.90 Å². The minimum absolute atomic E-state index is 0. The van der Waals surface area contributed by atoms with Gasteiger partial charge in [-0.1, -0.05) is 6.08 Å². The molecule has 4 nitrogen and oxygen atoms in total. The number of rotatable bonds is 5. The summed E-state index contributed by atoms with van der Waals surface area (Å²) in [6.45, 7) is 6.64. The third-order valence-electron chi connectivity index (χ3n) is 3.05. The lowest BCUT2D eigenvalue weighted by atomic mass is 10.1. The summed E-state index contributed by atoms with van der Waals surface area (Å²) in [5.74, 6) is 0.227. The highest BCUT2D eigenvalue weighted by atomic mass is 35.5. The molecule has 1 atom stereocenters. The summed E-state index contributed by atoms with van der Waals surface area (Å²) in [7, 11) is 0. The average molecular weight is 261 g/mol. The van der Waals surface area contributed by atoms with E-state index in [1.54, 1.807) is 6.08 Å². The molecule has 5 heteroatoms. The van der Waals surface area contributed by atoms with Gasteiger partial charge in [-0.3, -0.25) is 4.79 Å². The fourth-order valence-corrected chi connectivity index (χ4v) is 2.06. The fraction of sp³-hybridized carbons (Fsp3) is 0.750. The zero-order valence-electron chi connectivity index (χ0n) is 10.1. The Morgan fingerprint density at radius 2 is 2.29 bits per heavy atom. The van der Waals surface area contributed by atoms with Crippen LogP contribution in [0.3, 0.4) is 0 Å². The molecule has 0 aromatic rings. The van der Waals surface area contributed by atoms with E-state index in [0.717, 1.165) is 26.0 Å². The number of carbonyl (C=O) groups is 1. The van der Waals surface area contributed by atoms with Gasteiger partial charge in [-0.25, -0.2) is 0 Å². The summed E-state index contributed by atoms with van der Waals surface area (Å²) in [6.07, 6.45) is 4.65. The zero-order chi connectivity index (χ0) is 11.4. The van der Waals surface area contributed by atoms with E-state index < -0.39 is 0 Å². The third kappa shape index (κ3) is 4.30. The first-order chi connectivity index (χ1) is 7.81. The first-order valence-electron chi connectivity index (χ1n) is 6.02. The maximum atomic E-state index is 12.1. The molecule has 1 N–H and O–H groups in total. The summed E-state index contributed by atoms with van der Waals surface area (Å²) in [5.41, 5.74) is 0. The Balaban J connectivity index is 0.00000144. The lowest BCUT2D eigenvalue weighted by Crippen LogP contribution is -2.45. The zero-order valence-corrected chi connectivity index (χ0v) is 10.9. The Morgan fingerprint density at radius 1 is 1.53 bits per heavy atom. The van der Waals surface area contributed by atoms with E-state index in [4.69, 9.17) is 4.74 Å². The van der Waals surface area contributed by atoms with Crippen molar-refractivity contribution in [2.24, 2.45) is 0 Å². The van der Waals surface area contributed by atoms with Crippen LogP contribution in [-0.4, -0.2) is 49.2 Å². The van der Waals surface area contributed by atoms with Gasteiger partial charge in [-0.15, -0.1) is 19.0 Å². The van der Waals surface area contributed by atoms with Crippen LogP contribution in [0.15, 0.2) is 12.7 Å². The molecule has 1 aliphatic carbocycles. The van der Waals surface area contributed by atoms with E-state index in [0.29, 0.717) is 25.6 Å². The standard InChI is InChI=1S/C12H20N2O2.ClH/c1-2-6-14(11-3-4-11)12(15)8-10-9-16-7-5-13-10;/h2,10-11,13H,1,3-9H2;1H. The Kier molecular flexibility index (Phi) is 5.95. The molecule has 1 saturated carbocycles. The number of nitrogens with one attached hydrogen (secondary N) is 1. The molecule has 2 fully saturated rings. The van der Waals surface area contributed by atoms with E-state index in [-0.39, 0.29) is 24.4 Å². The van der Waals surface area contributed by atoms with Crippen molar-refractivity contribution >= 4 is 18.3 Å². The molecular weight excluding hydrogens is 240 g/mol. The lowest BCUT2D eigenvalue weighted by molar-refractivity contribution is -0.132. The molecule has 1 saturated heterocycles. The van der Waals surface area contributed by atoms with Crippen molar-refractivity contribution < 1.29 is 9.53 Å². The largest absolute Gasteiger partial charge is 0.378 e. The first kappa shape index (κ1) is 14.5. The Labute approximate surface area is 109 Å². The molecule has 17 heavy (non-hydrogen) atoms. The molecule has 0 bridgehead atoms. The molecule has 1 aliphatic heterocycles. The third-order valence-corrected chi connectivity index (χ3v) is 3.05. The maximum absolute atomic E-state index is 12.1. The van der Waals surface area contributed by atoms with Crippen LogP contribution in [0.25, 0.3) is 0 Å². The predicted octanol–water partition coefficient (Wildman–Crippen LogP) is 0.964. The number of nitrogens with zero attached hydrogens (tertiary/aromatic N) is 1. The topological polar surface area (TPSA) is 41.6 Å². The van der Waals surface area contributed by atoms with Crippen LogP contribution in [0.5, 0.6) is 0 Å². The van der Waals surface area contributed by atoms with Crippen molar-refractivity contribution in [3.8, 4) is 0 Å². The number of amides is 1. The minimum atomic E-state index is 0. The number of hydrogen-bond acceptors (Lipinski definition) is 3. The van der Waals surface area contributed by atoms with Gasteiger partial charge in [0.2, 0.25) is 5.91 Å². The summed E-state index contributed by atoms with van der Waals surface area (Å²) >= 11 is 0. The molecule has 0 radical (unpaired) electrons. The predicted molar refractivity (Wildman–Crippen MR) is 69.4 cm³/mol. The quantitative estimate of drug-likeness (QED) is 0.749. The van der Waals surface area contributed by atoms with Crippen molar-refractivity contribution in [1.82, 2.24) is 10.2 Å². The molecule has 98 valence electrons. The number of halogens is 1. The molecule has 2 rings (SSSR count). The molecule has 1 unspecified atom stereocenters. The van der Waals surface area contributed by atoms with Crippen molar-refractivity contribution in [2.75, 3.05) is 26.3 Å². The fourth-order valence-electron chi connectivity index (χ4n) is 2.06. The van der Waals surface area contributed by atoms with E-state index in [1.165, 1.54) is 0 Å². The van der Waals surface area contributed by atoms with Crippen LogP contribution < -0.4 is 5.32 Å². The van der Waals surface area contributed by atoms with Crippen LogP contribution >= 0.6 is 12.4 Å². The number of ether oxygens (including phenoxy) is 1. The van der Waals surface area contributed by atoms with Gasteiger partial charge in [0.25, 0.3) is 0 Å². The second-order valence-electron chi connectivity index (χ2n) is 4.50. The van der Waals surface area contributed by atoms with Crippen LogP contribution in [0.2, 0.25) is 0 Å². The van der Waals surface area contributed by atoms with Gasteiger partial charge in [0.1, 0.15) is 0 Å². The lowest BCUT2D eigenvalue weighted by Gasteiger charge is -2.27. The summed E-state index contributed by atoms with van der Waals surface area (Å²) in [4.78, 5) is 14.0. The maximum Gasteiger partial charge on any atom is 0.224 e. The average Bonchev–Trinajstić information content (AvgIpc) is 3.11. The second-order valence-corrected chi connectivity index (χ2v) is 4.50. The highest BCUT2D eigenvalue weighted by Crippen LogP contribution is 2.27. The van der Waals surface area contributed by atoms with E-state index >= 15 is 0 Å². The Morgan fingerprint density at radius 3 is 2.82 bits per heavy atom. The highest BCUT2D eigenvalue weighted by Gasteiger charge is 2.32. The summed E-state index contributed by atoms with van der Waals surface area (Å²) < 4.78 is 5.35. The van der Waals surface area contributed by atoms with Gasteiger partial charge in [0, 0.05) is 31.6 Å². The molecular formula is C12H21ClN2O2. The minimum Gasteiger partial charge on any atom is -0.378 e. The van der Waals surface area contributed by atoms with Crippen molar-refractivity contribution in [1.29, 1.82) is 0 Å². The second kappa shape index (κ2) is 6.99. The Hall–Kier alpha value is -0.580. The van der Waals surface area contributed by atoms with Crippen molar-refractivity contribution in [3.05, 3.63) is 12.7 Å². The molecule has 0 aromatic heterocycles. The first-order valence-corrected chi connectivity index (χ1v) is 6.02. The number of carbonyl (C=O) groups excluding carboxylic acids is 1. The van der Waals surface area contributed by atoms with Crippen LogP contribution in [0.1, 0.15) is 19.3 Å². The van der Waals surface area contributed by atoms with Crippen molar-refractivity contribution in [2.45, 2.75) is 31.3 Å². The normalized spacial score (nSPS) is 23.6. The molecule has 0 aromatic carbocycles. The monoisotopic (exact) mass is 260 g/mol. The van der Waals surface area contributed by atoms with Gasteiger partial charge in [-0.2, -0.15) is 0 Å². The van der Waals surface area contributed by atoms with Gasteiger partial charge in [0.15, 0.2) is 0 Å². The number of hydrogen-bond donors (Lipinski definition) is 1. The van der Waals surface area contributed by atoms with Crippen molar-refractivity contribution in [3.63, 3.8) is 0 Å². The van der Waals surface area contributed by atoms with Gasteiger partial charge < -0.3 is 15.0 Å². The highest BCUT2D eigenvalue weighted by molar-refractivity contribution is 5.85. The van der Waals surface area contributed by atoms with Crippen LogP contribution in [-0.2, 0) is 9.53 Å². The van der Waals surface area contributed by atoms with Crippen LogP contribution in [0.4, 0.5) is 0 Å².